The molecule has 1 N–H and O–H groups in total. The van der Waals surface area contributed by atoms with Crippen LogP contribution >= 0.6 is 0 Å². The van der Waals surface area contributed by atoms with Gasteiger partial charge in [-0.25, -0.2) is 9.59 Å². The molecule has 134 valence electrons. The normalized spacial score (nSPS) is 10.8. The van der Waals surface area contributed by atoms with Crippen LogP contribution in [-0.4, -0.2) is 13.1 Å². The fourth-order valence-corrected chi connectivity index (χ4v) is 2.92. The second-order valence-electron chi connectivity index (χ2n) is 6.35. The molecule has 0 aliphatic carbocycles. The average Bonchev–Trinajstić information content (AvgIpc) is 2.63. The Labute approximate surface area is 151 Å². The van der Waals surface area contributed by atoms with Gasteiger partial charge in [0.1, 0.15) is 5.58 Å². The lowest BCUT2D eigenvalue weighted by atomic mass is 10.0. The molecule has 0 radical (unpaired) electrons. The molecule has 3 rings (SSSR count). The number of aryl methyl sites for hydroxylation is 3. The minimum absolute atomic E-state index is 0.372. The predicted octanol–water partition coefficient (Wildman–Crippen LogP) is 4.12. The maximum Gasteiger partial charge on any atom is 0.337 e. The number of ether oxygens (including phenoxy) is 1. The first-order valence-electron chi connectivity index (χ1n) is 8.36. The molecule has 5 heteroatoms. The van der Waals surface area contributed by atoms with Crippen LogP contribution in [0.1, 0.15) is 32.6 Å². The van der Waals surface area contributed by atoms with Gasteiger partial charge in [-0.05, 0) is 55.2 Å². The third-order valence-corrected chi connectivity index (χ3v) is 4.65. The van der Waals surface area contributed by atoms with Gasteiger partial charge in [0.15, 0.2) is 0 Å². The molecule has 5 nitrogen and oxygen atoms in total. The number of methoxy groups -OCH3 is 1. The Bertz CT molecular complexity index is 1050. The van der Waals surface area contributed by atoms with Crippen molar-refractivity contribution in [3.05, 3.63) is 74.6 Å². The highest BCUT2D eigenvalue weighted by Gasteiger charge is 2.11. The fraction of sp³-hybridized carbons (Fsp3) is 0.238. The fourth-order valence-electron chi connectivity index (χ4n) is 2.92. The van der Waals surface area contributed by atoms with Crippen LogP contribution in [0.15, 0.2) is 45.6 Å². The Hall–Kier alpha value is -3.08. The molecule has 3 aromatic rings. The zero-order valence-corrected chi connectivity index (χ0v) is 15.3. The van der Waals surface area contributed by atoms with Crippen molar-refractivity contribution in [1.82, 2.24) is 0 Å². The van der Waals surface area contributed by atoms with E-state index in [1.807, 2.05) is 39.0 Å². The number of carbonyl (C=O) groups is 1. The van der Waals surface area contributed by atoms with Crippen molar-refractivity contribution in [1.29, 1.82) is 0 Å². The van der Waals surface area contributed by atoms with Crippen molar-refractivity contribution in [2.45, 2.75) is 27.3 Å². The molecule has 0 aliphatic heterocycles. The van der Waals surface area contributed by atoms with Gasteiger partial charge in [-0.15, -0.1) is 0 Å². The number of nitrogens with one attached hydrogen (secondary N) is 1. The molecule has 1 aromatic heterocycles. The molecule has 0 bridgehead atoms. The van der Waals surface area contributed by atoms with E-state index >= 15 is 0 Å². The van der Waals surface area contributed by atoms with Crippen molar-refractivity contribution >= 4 is 22.6 Å². The van der Waals surface area contributed by atoms with Gasteiger partial charge in [0.05, 0.1) is 12.7 Å². The number of esters is 1. The number of hydrogen-bond donors (Lipinski definition) is 1. The summed E-state index contributed by atoms with van der Waals surface area (Å²) in [5, 5.41) is 4.22. The van der Waals surface area contributed by atoms with Crippen molar-refractivity contribution in [2.75, 3.05) is 12.4 Å². The van der Waals surface area contributed by atoms with Crippen LogP contribution in [0.25, 0.3) is 11.0 Å². The lowest BCUT2D eigenvalue weighted by molar-refractivity contribution is 0.0601. The number of fused-ring (bicyclic) bond motifs is 1. The van der Waals surface area contributed by atoms with Crippen molar-refractivity contribution in [2.24, 2.45) is 0 Å². The Balaban J connectivity index is 1.97. The quantitative estimate of drug-likeness (QED) is 0.566. The van der Waals surface area contributed by atoms with E-state index in [0.717, 1.165) is 33.3 Å². The lowest BCUT2D eigenvalue weighted by Gasteiger charge is -2.13. The molecule has 2 aromatic carbocycles. The van der Waals surface area contributed by atoms with Crippen LogP contribution in [0.5, 0.6) is 0 Å². The first-order chi connectivity index (χ1) is 12.4. The van der Waals surface area contributed by atoms with E-state index in [1.54, 1.807) is 12.1 Å². The summed E-state index contributed by atoms with van der Waals surface area (Å²) >= 11 is 0. The molecular formula is C21H21NO4. The molecule has 0 spiro atoms. The zero-order valence-electron chi connectivity index (χ0n) is 15.3. The third-order valence-electron chi connectivity index (χ3n) is 4.65. The smallest absolute Gasteiger partial charge is 0.337 e. The molecule has 1 heterocycles. The Morgan fingerprint density at radius 2 is 1.81 bits per heavy atom. The number of benzene rings is 2. The molecule has 0 fully saturated rings. The standard InChI is InChI=1S/C21H21NO4/c1-12-6-8-17-16(10-19(23)26-20(17)14(12)3)11-22-18-9-15(21(24)25-4)7-5-13(18)2/h5-10,22H,11H2,1-4H3. The van der Waals surface area contributed by atoms with Crippen LogP contribution in [-0.2, 0) is 11.3 Å². The minimum atomic E-state index is -0.384. The highest BCUT2D eigenvalue weighted by atomic mass is 16.5. The number of hydrogen-bond acceptors (Lipinski definition) is 5. The van der Waals surface area contributed by atoms with E-state index in [4.69, 9.17) is 9.15 Å². The summed E-state index contributed by atoms with van der Waals surface area (Å²) in [6.07, 6.45) is 0. The predicted molar refractivity (Wildman–Crippen MR) is 102 cm³/mol. The van der Waals surface area contributed by atoms with Gasteiger partial charge < -0.3 is 14.5 Å². The topological polar surface area (TPSA) is 68.5 Å². The maximum atomic E-state index is 12.0. The Morgan fingerprint density at radius 1 is 1.08 bits per heavy atom. The van der Waals surface area contributed by atoms with E-state index in [1.165, 1.54) is 13.2 Å². The number of carbonyl (C=O) groups excluding carboxylic acids is 1. The summed E-state index contributed by atoms with van der Waals surface area (Å²) in [7, 11) is 1.36. The zero-order chi connectivity index (χ0) is 18.8. The maximum absolute atomic E-state index is 12.0. The Morgan fingerprint density at radius 3 is 2.54 bits per heavy atom. The minimum Gasteiger partial charge on any atom is -0.465 e. The Kier molecular flexibility index (Phi) is 4.80. The summed E-state index contributed by atoms with van der Waals surface area (Å²) in [6, 6.07) is 10.8. The third kappa shape index (κ3) is 3.33. The van der Waals surface area contributed by atoms with E-state index in [2.05, 4.69) is 5.32 Å². The molecule has 0 saturated carbocycles. The van der Waals surface area contributed by atoms with Gasteiger partial charge in [-0.1, -0.05) is 18.2 Å². The summed E-state index contributed by atoms with van der Waals surface area (Å²) < 4.78 is 10.2. The van der Waals surface area contributed by atoms with Gasteiger partial charge in [-0.3, -0.25) is 0 Å². The van der Waals surface area contributed by atoms with E-state index < -0.39 is 0 Å². The monoisotopic (exact) mass is 351 g/mol. The highest BCUT2D eigenvalue weighted by Crippen LogP contribution is 2.25. The van der Waals surface area contributed by atoms with Crippen LogP contribution in [0.2, 0.25) is 0 Å². The number of anilines is 1. The summed E-state index contributed by atoms with van der Waals surface area (Å²) in [5.74, 6) is -0.384. The van der Waals surface area contributed by atoms with Crippen LogP contribution in [0.4, 0.5) is 5.69 Å². The van der Waals surface area contributed by atoms with E-state index in [-0.39, 0.29) is 11.6 Å². The first kappa shape index (κ1) is 17.7. The molecule has 0 unspecified atom stereocenters. The van der Waals surface area contributed by atoms with Gasteiger partial charge in [0, 0.05) is 23.7 Å². The molecule has 0 atom stereocenters. The molecule has 0 aliphatic rings. The molecule has 0 amide bonds. The second-order valence-corrected chi connectivity index (χ2v) is 6.35. The van der Waals surface area contributed by atoms with Crippen molar-refractivity contribution in [3.8, 4) is 0 Å². The van der Waals surface area contributed by atoms with Gasteiger partial charge in [0.2, 0.25) is 0 Å². The average molecular weight is 351 g/mol. The van der Waals surface area contributed by atoms with Crippen LogP contribution in [0, 0.1) is 20.8 Å². The van der Waals surface area contributed by atoms with E-state index in [0.29, 0.717) is 17.7 Å². The summed E-state index contributed by atoms with van der Waals surface area (Å²) in [4.78, 5) is 23.7. The van der Waals surface area contributed by atoms with Crippen LogP contribution in [0.3, 0.4) is 0 Å². The first-order valence-corrected chi connectivity index (χ1v) is 8.36. The largest absolute Gasteiger partial charge is 0.465 e. The van der Waals surface area contributed by atoms with Crippen molar-refractivity contribution in [3.63, 3.8) is 0 Å². The summed E-state index contributed by atoms with van der Waals surface area (Å²) in [6.45, 7) is 6.33. The highest BCUT2D eigenvalue weighted by molar-refractivity contribution is 5.90. The van der Waals surface area contributed by atoms with Gasteiger partial charge >= 0.3 is 11.6 Å². The second kappa shape index (κ2) is 7.04. The van der Waals surface area contributed by atoms with Gasteiger partial charge in [-0.2, -0.15) is 0 Å². The molecule has 0 saturated heterocycles. The van der Waals surface area contributed by atoms with Gasteiger partial charge in [0.25, 0.3) is 0 Å². The SMILES string of the molecule is COC(=O)c1ccc(C)c(NCc2cc(=O)oc3c(C)c(C)ccc23)c1. The summed E-state index contributed by atoms with van der Waals surface area (Å²) in [5.41, 5.74) is 5.43. The lowest BCUT2D eigenvalue weighted by Crippen LogP contribution is -2.08. The van der Waals surface area contributed by atoms with Crippen molar-refractivity contribution < 1.29 is 13.9 Å². The van der Waals surface area contributed by atoms with Crippen LogP contribution < -0.4 is 10.9 Å². The van der Waals surface area contributed by atoms with E-state index in [9.17, 15) is 9.59 Å². The number of rotatable bonds is 4. The molecule has 26 heavy (non-hydrogen) atoms. The molecular weight excluding hydrogens is 330 g/mol.